The molecule has 0 saturated carbocycles. The first-order valence-corrected chi connectivity index (χ1v) is 18.9. The topological polar surface area (TPSA) is 9.86 Å². The van der Waals surface area contributed by atoms with E-state index in [9.17, 15) is 5.48 Å². The van der Waals surface area contributed by atoms with E-state index in [4.69, 9.17) is 15.1 Å². The zero-order valence-corrected chi connectivity index (χ0v) is 31.4. The summed E-state index contributed by atoms with van der Waals surface area (Å²) in [5, 5.41) is 4.17. The molecule has 11 aromatic rings. The highest BCUT2D eigenvalue weighted by atomic mass is 15.0. The van der Waals surface area contributed by atoms with Gasteiger partial charge in [0.2, 0.25) is 0 Å². The predicted molar refractivity (Wildman–Crippen MR) is 246 cm³/mol. The third-order valence-corrected chi connectivity index (χ3v) is 10.8. The summed E-state index contributed by atoms with van der Waals surface area (Å²) in [6.07, 6.45) is 0. The second kappa shape index (κ2) is 13.7. The first kappa shape index (κ1) is 21.8. The molecule has 0 amide bonds. The molecule has 274 valence electrons. The second-order valence-electron chi connectivity index (χ2n) is 14.4. The number of aryl methyl sites for hydroxylation is 2. The van der Waals surface area contributed by atoms with Gasteiger partial charge in [-0.05, 0) is 131 Å². The molecule has 0 N–H and O–H groups in total. The molecule has 0 radical (unpaired) electrons. The van der Waals surface area contributed by atoms with Gasteiger partial charge in [0.25, 0.3) is 0 Å². The van der Waals surface area contributed by atoms with Crippen LogP contribution in [0.1, 0.15) is 31.7 Å². The van der Waals surface area contributed by atoms with E-state index >= 15 is 0 Å². The summed E-state index contributed by atoms with van der Waals surface area (Å²) in [7, 11) is 0. The summed E-state index contributed by atoms with van der Waals surface area (Å²) in [4.78, 5) is 0. The maximum Gasteiger partial charge on any atom is 0.0629 e. The lowest BCUT2D eigenvalue weighted by Crippen LogP contribution is -1.97. The van der Waals surface area contributed by atoms with Gasteiger partial charge in [0.15, 0.2) is 0 Å². The molecule has 0 aliphatic carbocycles. The van der Waals surface area contributed by atoms with Gasteiger partial charge >= 0.3 is 0 Å². The van der Waals surface area contributed by atoms with Gasteiger partial charge in [-0.2, -0.15) is 0 Å². The fourth-order valence-electron chi connectivity index (χ4n) is 8.36. The lowest BCUT2D eigenvalue weighted by molar-refractivity contribution is 1.16. The average molecular weight is 756 g/mol. The van der Waals surface area contributed by atoms with E-state index in [2.05, 4.69) is 77.6 Å². The molecule has 2 nitrogen and oxygen atoms in total. The molecule has 0 aliphatic rings. The molecule has 58 heavy (non-hydrogen) atoms. The number of hydrogen-bond donors (Lipinski definition) is 0. The lowest BCUT2D eigenvalue weighted by atomic mass is 9.84. The number of fused-ring (bicyclic) bond motifs is 6. The Morgan fingerprint density at radius 3 is 1.41 bits per heavy atom. The van der Waals surface area contributed by atoms with E-state index in [0.29, 0.717) is 11.3 Å². The molecule has 0 bridgehead atoms. The van der Waals surface area contributed by atoms with Gasteiger partial charge in [-0.15, -0.1) is 0 Å². The molecule has 0 atom stereocenters. The lowest BCUT2D eigenvalue weighted by Gasteiger charge is -2.20. The SMILES string of the molecule is [2H]c1c([2H])c([2H])c(-c2cc(-c3c([2H])c([2H])c([2H])c([2H])c3[2H])c(-c3cccc(-n4c5ccccc5c5cc(-n6c7ccc(C)cc7c7cc(C)ccc76)ccc54)c3)c(-c3c([2H])c([2H])c([2H])c([2H])c3[2H])c2)c([2H])c1[2H]. The Morgan fingerprint density at radius 1 is 0.345 bits per heavy atom. The van der Waals surface area contributed by atoms with Crippen LogP contribution in [0.15, 0.2) is 206 Å². The monoisotopic (exact) mass is 755 g/mol. The standard InChI is InChI=1S/C56H40N2/c1-37-25-28-53-49(31-37)50-32-38(2)26-29-54(50)58(53)45-27-30-55-51(36-45)46-23-12-13-24-52(46)57(55)44-22-14-21-42(33-44)56-47(40-17-8-4-9-18-40)34-43(39-15-6-3-7-16-39)35-48(56)41-19-10-5-11-20-41/h3-36H,1-2H3/i3D,4D,5D,6D,7D,8D,9D,10D,11D,15D,16D,17D,18D,19D,20D. The average Bonchev–Trinajstić information content (AvgIpc) is 3.89. The maximum absolute atomic E-state index is 9.26. The number of hydrogen-bond acceptors (Lipinski definition) is 0. The minimum absolute atomic E-state index is 0.0799. The van der Waals surface area contributed by atoms with Crippen LogP contribution < -0.4 is 0 Å². The van der Waals surface area contributed by atoms with E-state index in [1.165, 1.54) is 12.1 Å². The number of nitrogens with zero attached hydrogens (tertiary/aromatic N) is 2. The molecule has 2 heterocycles. The summed E-state index contributed by atoms with van der Waals surface area (Å²) in [6, 6.07) is 27.3. The molecule has 2 heteroatoms. The first-order valence-electron chi connectivity index (χ1n) is 26.4. The summed E-state index contributed by atoms with van der Waals surface area (Å²) in [6.45, 7) is 4.17. The molecule has 9 aromatic carbocycles. The Labute approximate surface area is 359 Å². The van der Waals surface area contributed by atoms with E-state index in [1.54, 1.807) is 12.1 Å². The Morgan fingerprint density at radius 2 is 0.828 bits per heavy atom. The highest BCUT2D eigenvalue weighted by Gasteiger charge is 2.20. The van der Waals surface area contributed by atoms with Gasteiger partial charge in [-0.1, -0.05) is 144 Å². The van der Waals surface area contributed by atoms with Gasteiger partial charge in [0, 0.05) is 32.9 Å². The smallest absolute Gasteiger partial charge is 0.0629 e. The maximum atomic E-state index is 9.26. The first-order chi connectivity index (χ1) is 34.8. The fourth-order valence-corrected chi connectivity index (χ4v) is 8.36. The van der Waals surface area contributed by atoms with Crippen molar-refractivity contribution in [2.45, 2.75) is 13.8 Å². The number of aromatic nitrogens is 2. The molecular weight excluding hydrogens is 701 g/mol. The third-order valence-electron chi connectivity index (χ3n) is 10.8. The van der Waals surface area contributed by atoms with E-state index in [-0.39, 0.29) is 38.9 Å². The van der Waals surface area contributed by atoms with Gasteiger partial charge in [-0.25, -0.2) is 0 Å². The minimum atomic E-state index is -0.677. The zero-order valence-electron chi connectivity index (χ0n) is 46.4. The summed E-state index contributed by atoms with van der Waals surface area (Å²) in [5.41, 5.74) is 6.88. The van der Waals surface area contributed by atoms with Crippen molar-refractivity contribution in [1.29, 1.82) is 0 Å². The van der Waals surface area contributed by atoms with Crippen molar-refractivity contribution in [3.63, 3.8) is 0 Å². The summed E-state index contributed by atoms with van der Waals surface area (Å²) < 4.78 is 137. The summed E-state index contributed by atoms with van der Waals surface area (Å²) in [5.74, 6) is 0. The largest absolute Gasteiger partial charge is 0.309 e. The van der Waals surface area contributed by atoms with E-state index in [1.807, 2.05) is 36.4 Å². The van der Waals surface area contributed by atoms with Crippen LogP contribution in [0.3, 0.4) is 0 Å². The molecule has 0 spiro atoms. The van der Waals surface area contributed by atoms with Crippen molar-refractivity contribution in [1.82, 2.24) is 9.13 Å². The Balaban J connectivity index is 1.24. The second-order valence-corrected chi connectivity index (χ2v) is 14.4. The van der Waals surface area contributed by atoms with Crippen LogP contribution in [-0.2, 0) is 0 Å². The number of para-hydroxylation sites is 1. The molecule has 0 fully saturated rings. The molecule has 11 rings (SSSR count). The number of benzene rings is 9. The fraction of sp³-hybridized carbons (Fsp3) is 0.0357. The van der Waals surface area contributed by atoms with Crippen LogP contribution in [0.25, 0.3) is 99.5 Å². The van der Waals surface area contributed by atoms with Gasteiger partial charge < -0.3 is 9.13 Å². The van der Waals surface area contributed by atoms with Crippen molar-refractivity contribution < 1.29 is 20.6 Å². The highest BCUT2D eigenvalue weighted by molar-refractivity contribution is 6.12. The Kier molecular flexibility index (Phi) is 5.12. The molecule has 0 saturated heterocycles. The van der Waals surface area contributed by atoms with Gasteiger partial charge in [0.1, 0.15) is 0 Å². The van der Waals surface area contributed by atoms with Crippen molar-refractivity contribution in [2.75, 3.05) is 0 Å². The Hall–Kier alpha value is -7.42. The minimum Gasteiger partial charge on any atom is -0.309 e. The summed E-state index contributed by atoms with van der Waals surface area (Å²) >= 11 is 0. The Bertz CT molecular complexity index is 4010. The van der Waals surface area contributed by atoms with Crippen LogP contribution >= 0.6 is 0 Å². The van der Waals surface area contributed by atoms with Crippen molar-refractivity contribution in [3.05, 3.63) is 217 Å². The third kappa shape index (κ3) is 5.56. The van der Waals surface area contributed by atoms with Crippen molar-refractivity contribution >= 4 is 43.6 Å². The van der Waals surface area contributed by atoms with Gasteiger partial charge in [0.05, 0.1) is 42.6 Å². The molecule has 0 unspecified atom stereocenters. The van der Waals surface area contributed by atoms with Crippen LogP contribution in [0.5, 0.6) is 0 Å². The van der Waals surface area contributed by atoms with Crippen LogP contribution in [-0.4, -0.2) is 9.13 Å². The number of rotatable bonds is 6. The highest BCUT2D eigenvalue weighted by Crippen LogP contribution is 2.45. The predicted octanol–water partition coefficient (Wildman–Crippen LogP) is 15.2. The van der Waals surface area contributed by atoms with Gasteiger partial charge in [-0.3, -0.25) is 0 Å². The van der Waals surface area contributed by atoms with E-state index < -0.39 is 90.6 Å². The molecule has 2 aromatic heterocycles. The van der Waals surface area contributed by atoms with Crippen molar-refractivity contribution in [3.8, 4) is 55.9 Å². The van der Waals surface area contributed by atoms with Crippen LogP contribution in [0, 0.1) is 13.8 Å². The quantitative estimate of drug-likeness (QED) is 0.160. The van der Waals surface area contributed by atoms with E-state index in [0.717, 1.165) is 60.4 Å². The molecular formula is C56H40N2. The van der Waals surface area contributed by atoms with Crippen molar-refractivity contribution in [2.24, 2.45) is 0 Å². The van der Waals surface area contributed by atoms with Crippen LogP contribution in [0.2, 0.25) is 0 Å². The zero-order chi connectivity index (χ0) is 51.8. The van der Waals surface area contributed by atoms with Crippen LogP contribution in [0.4, 0.5) is 0 Å². The molecule has 0 aliphatic heterocycles. The normalized spacial score (nSPS) is 15.2.